The average molecular weight is 290 g/mol. The van der Waals surface area contributed by atoms with Gasteiger partial charge in [-0.1, -0.05) is 6.92 Å². The van der Waals surface area contributed by atoms with E-state index in [1.807, 2.05) is 6.20 Å². The monoisotopic (exact) mass is 290 g/mol. The Bertz CT molecular complexity index is 470. The first-order valence-electron chi connectivity index (χ1n) is 8.45. The Kier molecular flexibility index (Phi) is 3.73. The van der Waals surface area contributed by atoms with E-state index in [1.54, 1.807) is 0 Å². The quantitative estimate of drug-likeness (QED) is 0.818. The van der Waals surface area contributed by atoms with Gasteiger partial charge in [0.1, 0.15) is 5.76 Å². The average Bonchev–Trinajstić information content (AvgIpc) is 3.22. The Morgan fingerprint density at radius 3 is 2.57 bits per heavy atom. The van der Waals surface area contributed by atoms with Crippen molar-refractivity contribution in [2.45, 2.75) is 38.3 Å². The van der Waals surface area contributed by atoms with Crippen molar-refractivity contribution in [1.82, 2.24) is 19.7 Å². The number of hydrogen-bond acceptors (Lipinski definition) is 5. The van der Waals surface area contributed by atoms with Gasteiger partial charge >= 0.3 is 0 Å². The van der Waals surface area contributed by atoms with E-state index in [0.29, 0.717) is 5.92 Å². The predicted molar refractivity (Wildman–Crippen MR) is 81.2 cm³/mol. The molecule has 2 saturated heterocycles. The van der Waals surface area contributed by atoms with E-state index in [9.17, 15) is 0 Å². The van der Waals surface area contributed by atoms with Crippen LogP contribution in [0.5, 0.6) is 0 Å². The van der Waals surface area contributed by atoms with E-state index >= 15 is 0 Å². The molecule has 3 fully saturated rings. The third-order valence-electron chi connectivity index (χ3n) is 5.22. The predicted octanol–water partition coefficient (Wildman–Crippen LogP) is 1.37. The van der Waals surface area contributed by atoms with Crippen LogP contribution in [-0.4, -0.2) is 71.5 Å². The smallest absolute Gasteiger partial charge is 0.208 e. The molecule has 0 amide bonds. The molecule has 0 atom stereocenters. The fourth-order valence-corrected chi connectivity index (χ4v) is 3.49. The van der Waals surface area contributed by atoms with E-state index in [0.717, 1.165) is 24.2 Å². The van der Waals surface area contributed by atoms with E-state index in [4.69, 9.17) is 4.42 Å². The summed E-state index contributed by atoms with van der Waals surface area (Å²) < 4.78 is 5.85. The summed E-state index contributed by atoms with van der Waals surface area (Å²) >= 11 is 0. The van der Waals surface area contributed by atoms with Gasteiger partial charge in [0.05, 0.1) is 12.7 Å². The zero-order valence-electron chi connectivity index (χ0n) is 13.0. The first kappa shape index (κ1) is 13.7. The molecule has 0 bridgehead atoms. The molecule has 1 saturated carbocycles. The number of hydrogen-bond donors (Lipinski definition) is 0. The molecule has 4 rings (SSSR count). The zero-order valence-corrected chi connectivity index (χ0v) is 13.0. The van der Waals surface area contributed by atoms with Crippen LogP contribution in [0.25, 0.3) is 0 Å². The summed E-state index contributed by atoms with van der Waals surface area (Å²) in [6.07, 6.45) is 4.50. The van der Waals surface area contributed by atoms with Crippen molar-refractivity contribution in [3.63, 3.8) is 0 Å². The highest BCUT2D eigenvalue weighted by Crippen LogP contribution is 2.40. The Morgan fingerprint density at radius 2 is 1.90 bits per heavy atom. The minimum Gasteiger partial charge on any atom is -0.444 e. The Hall–Kier alpha value is -0.910. The van der Waals surface area contributed by atoms with Gasteiger partial charge in [-0.05, 0) is 19.4 Å². The highest BCUT2D eigenvalue weighted by atomic mass is 16.4. The molecule has 1 aromatic rings. The standard InChI is InChI=1S/C16H26N4O/c1-2-18-5-7-20(8-6-18)14-10-19(11-14)12-16-17-9-15(21-16)13-3-4-13/h9,13-14H,2-8,10-12H2,1H3. The van der Waals surface area contributed by atoms with Gasteiger partial charge in [-0.25, -0.2) is 4.98 Å². The molecule has 1 aliphatic carbocycles. The molecular weight excluding hydrogens is 264 g/mol. The second kappa shape index (κ2) is 5.71. The summed E-state index contributed by atoms with van der Waals surface area (Å²) in [5.41, 5.74) is 0. The van der Waals surface area contributed by atoms with Crippen LogP contribution < -0.4 is 0 Å². The largest absolute Gasteiger partial charge is 0.444 e. The van der Waals surface area contributed by atoms with Crippen LogP contribution >= 0.6 is 0 Å². The van der Waals surface area contributed by atoms with Crippen molar-refractivity contribution in [3.8, 4) is 0 Å². The number of likely N-dealkylation sites (tertiary alicyclic amines) is 1. The molecule has 3 heterocycles. The molecule has 0 unspecified atom stereocenters. The van der Waals surface area contributed by atoms with Gasteiger partial charge in [0, 0.05) is 51.2 Å². The molecule has 3 aliphatic rings. The van der Waals surface area contributed by atoms with Gasteiger partial charge in [0.15, 0.2) is 0 Å². The minimum absolute atomic E-state index is 0.672. The molecule has 116 valence electrons. The van der Waals surface area contributed by atoms with Gasteiger partial charge in [-0.15, -0.1) is 0 Å². The number of likely N-dealkylation sites (N-methyl/N-ethyl adjacent to an activating group) is 1. The highest BCUT2D eigenvalue weighted by Gasteiger charge is 2.34. The summed E-state index contributed by atoms with van der Waals surface area (Å²) in [4.78, 5) is 12.1. The summed E-state index contributed by atoms with van der Waals surface area (Å²) in [5, 5.41) is 0. The fraction of sp³-hybridized carbons (Fsp3) is 0.812. The van der Waals surface area contributed by atoms with Crippen LogP contribution in [0.15, 0.2) is 10.6 Å². The number of oxazole rings is 1. The summed E-state index contributed by atoms with van der Waals surface area (Å²) in [6.45, 7) is 11.6. The Balaban J connectivity index is 1.22. The maximum Gasteiger partial charge on any atom is 0.208 e. The number of aromatic nitrogens is 1. The van der Waals surface area contributed by atoms with Crippen molar-refractivity contribution < 1.29 is 4.42 Å². The lowest BCUT2D eigenvalue weighted by molar-refractivity contribution is -0.00152. The van der Waals surface area contributed by atoms with Gasteiger partial charge in [0.25, 0.3) is 0 Å². The van der Waals surface area contributed by atoms with Crippen LogP contribution in [0.1, 0.15) is 37.3 Å². The molecule has 0 spiro atoms. The van der Waals surface area contributed by atoms with Gasteiger partial charge in [-0.3, -0.25) is 9.80 Å². The first-order valence-corrected chi connectivity index (χ1v) is 8.45. The summed E-state index contributed by atoms with van der Waals surface area (Å²) in [6, 6.07) is 0.752. The normalized spacial score (nSPS) is 26.1. The lowest BCUT2D eigenvalue weighted by Gasteiger charge is -2.47. The second-order valence-corrected chi connectivity index (χ2v) is 6.75. The maximum atomic E-state index is 5.85. The first-order chi connectivity index (χ1) is 10.3. The SMILES string of the molecule is CCN1CCN(C2CN(Cc3ncc(C4CC4)o3)C2)CC1. The third kappa shape index (κ3) is 3.00. The molecule has 0 radical (unpaired) electrons. The Morgan fingerprint density at radius 1 is 1.14 bits per heavy atom. The lowest BCUT2D eigenvalue weighted by Crippen LogP contribution is -2.62. The highest BCUT2D eigenvalue weighted by molar-refractivity contribution is 5.08. The minimum atomic E-state index is 0.672. The van der Waals surface area contributed by atoms with Crippen molar-refractivity contribution in [1.29, 1.82) is 0 Å². The van der Waals surface area contributed by atoms with E-state index < -0.39 is 0 Å². The van der Waals surface area contributed by atoms with Crippen LogP contribution in [0.4, 0.5) is 0 Å². The molecular formula is C16H26N4O. The Labute approximate surface area is 126 Å². The summed E-state index contributed by atoms with van der Waals surface area (Å²) in [7, 11) is 0. The fourth-order valence-electron chi connectivity index (χ4n) is 3.49. The van der Waals surface area contributed by atoms with Crippen LogP contribution in [0, 0.1) is 0 Å². The van der Waals surface area contributed by atoms with Crippen molar-refractivity contribution in [2.24, 2.45) is 0 Å². The second-order valence-electron chi connectivity index (χ2n) is 6.75. The molecule has 0 N–H and O–H groups in total. The van der Waals surface area contributed by atoms with Crippen LogP contribution in [-0.2, 0) is 6.54 Å². The third-order valence-corrected chi connectivity index (χ3v) is 5.22. The lowest BCUT2D eigenvalue weighted by atomic mass is 10.1. The number of piperazine rings is 1. The number of rotatable bonds is 5. The van der Waals surface area contributed by atoms with E-state index in [1.165, 1.54) is 58.7 Å². The molecule has 0 aromatic carbocycles. The number of nitrogens with zero attached hydrogens (tertiary/aromatic N) is 4. The molecule has 5 heteroatoms. The molecule has 5 nitrogen and oxygen atoms in total. The molecule has 21 heavy (non-hydrogen) atoms. The van der Waals surface area contributed by atoms with Crippen molar-refractivity contribution in [3.05, 3.63) is 17.8 Å². The van der Waals surface area contributed by atoms with Gasteiger partial charge in [0.2, 0.25) is 5.89 Å². The van der Waals surface area contributed by atoms with Crippen LogP contribution in [0.2, 0.25) is 0 Å². The van der Waals surface area contributed by atoms with Crippen LogP contribution in [0.3, 0.4) is 0 Å². The topological polar surface area (TPSA) is 35.8 Å². The molecule has 1 aromatic heterocycles. The van der Waals surface area contributed by atoms with Gasteiger partial charge in [-0.2, -0.15) is 0 Å². The maximum absolute atomic E-state index is 5.85. The van der Waals surface area contributed by atoms with E-state index in [2.05, 4.69) is 26.6 Å². The van der Waals surface area contributed by atoms with Crippen molar-refractivity contribution >= 4 is 0 Å². The zero-order chi connectivity index (χ0) is 14.2. The van der Waals surface area contributed by atoms with Crippen molar-refractivity contribution in [2.75, 3.05) is 45.8 Å². The van der Waals surface area contributed by atoms with E-state index in [-0.39, 0.29) is 0 Å². The van der Waals surface area contributed by atoms with Gasteiger partial charge < -0.3 is 9.32 Å². The molecule has 2 aliphatic heterocycles. The summed E-state index contributed by atoms with van der Waals surface area (Å²) in [5.74, 6) is 2.69.